The summed E-state index contributed by atoms with van der Waals surface area (Å²) in [4.78, 5) is 29.4. The van der Waals surface area contributed by atoms with E-state index in [1.54, 1.807) is 0 Å². The molecule has 0 bridgehead atoms. The fourth-order valence-electron chi connectivity index (χ4n) is 0.846. The van der Waals surface area contributed by atoms with Gasteiger partial charge in [-0.3, -0.25) is 14.4 Å². The van der Waals surface area contributed by atoms with Gasteiger partial charge in [0.1, 0.15) is 6.04 Å². The van der Waals surface area contributed by atoms with Gasteiger partial charge in [0.25, 0.3) is 0 Å². The Hall–Kier alpha value is -1.67. The van der Waals surface area contributed by atoms with Crippen molar-refractivity contribution in [1.82, 2.24) is 0 Å². The normalized spacial score (nSPS) is 11.0. The zero-order chi connectivity index (χ0) is 14.6. The third-order valence-corrected chi connectivity index (χ3v) is 1.84. The lowest BCUT2D eigenvalue weighted by atomic mass is 10.1. The van der Waals surface area contributed by atoms with Gasteiger partial charge in [0.2, 0.25) is 0 Å². The molecule has 0 amide bonds. The Kier molecular flexibility index (Phi) is 12.3. The molecule has 0 fully saturated rings. The molecule has 18 heavy (non-hydrogen) atoms. The second kappa shape index (κ2) is 11.8. The Morgan fingerprint density at radius 3 is 1.67 bits per heavy atom. The van der Waals surface area contributed by atoms with Crippen LogP contribution in [0, 0.1) is 0 Å². The molecular formula is C10H20N2O6. The molecule has 106 valence electrons. The SMILES string of the molecule is NCCCCC(N)C(=O)O.O=C(O)CCC(=O)O. The zero-order valence-electron chi connectivity index (χ0n) is 10.0. The van der Waals surface area contributed by atoms with Gasteiger partial charge >= 0.3 is 17.9 Å². The lowest BCUT2D eigenvalue weighted by Gasteiger charge is -2.03. The van der Waals surface area contributed by atoms with Crippen LogP contribution in [0.4, 0.5) is 0 Å². The first kappa shape index (κ1) is 18.7. The van der Waals surface area contributed by atoms with Gasteiger partial charge in [-0.2, -0.15) is 0 Å². The van der Waals surface area contributed by atoms with Crippen molar-refractivity contribution in [1.29, 1.82) is 0 Å². The topological polar surface area (TPSA) is 164 Å². The number of carboxylic acid groups (broad SMARTS) is 3. The quantitative estimate of drug-likeness (QED) is 0.365. The highest BCUT2D eigenvalue weighted by molar-refractivity contribution is 5.75. The summed E-state index contributed by atoms with van der Waals surface area (Å²) < 4.78 is 0. The fraction of sp³-hybridized carbons (Fsp3) is 0.700. The molecule has 0 aliphatic rings. The number of unbranched alkanes of at least 4 members (excludes halogenated alkanes) is 1. The number of nitrogens with two attached hydrogens (primary N) is 2. The minimum absolute atomic E-state index is 0.296. The molecule has 0 aliphatic heterocycles. The fourth-order valence-corrected chi connectivity index (χ4v) is 0.846. The van der Waals surface area contributed by atoms with Crippen molar-refractivity contribution in [3.63, 3.8) is 0 Å². The molecule has 7 N–H and O–H groups in total. The van der Waals surface area contributed by atoms with Gasteiger partial charge in [-0.15, -0.1) is 0 Å². The van der Waals surface area contributed by atoms with Crippen LogP contribution < -0.4 is 11.5 Å². The number of carboxylic acids is 3. The van der Waals surface area contributed by atoms with E-state index < -0.39 is 23.9 Å². The highest BCUT2D eigenvalue weighted by Gasteiger charge is 2.09. The second-order valence-corrected chi connectivity index (χ2v) is 3.52. The van der Waals surface area contributed by atoms with Gasteiger partial charge in [0, 0.05) is 0 Å². The van der Waals surface area contributed by atoms with E-state index in [1.807, 2.05) is 0 Å². The number of hydrogen-bond donors (Lipinski definition) is 5. The van der Waals surface area contributed by atoms with E-state index >= 15 is 0 Å². The van der Waals surface area contributed by atoms with E-state index in [4.69, 9.17) is 26.8 Å². The first-order valence-electron chi connectivity index (χ1n) is 5.43. The summed E-state index contributed by atoms with van der Waals surface area (Å²) in [5, 5.41) is 24.1. The maximum atomic E-state index is 10.1. The molecule has 0 aromatic carbocycles. The molecule has 1 atom stereocenters. The molecule has 0 radical (unpaired) electrons. The van der Waals surface area contributed by atoms with E-state index in [2.05, 4.69) is 0 Å². The molecular weight excluding hydrogens is 244 g/mol. The molecule has 0 saturated heterocycles. The predicted octanol–water partition coefficient (Wildman–Crippen LogP) is -0.537. The third kappa shape index (κ3) is 16.7. The van der Waals surface area contributed by atoms with Crippen molar-refractivity contribution < 1.29 is 29.7 Å². The molecule has 0 aromatic heterocycles. The van der Waals surface area contributed by atoms with Crippen molar-refractivity contribution in [3.05, 3.63) is 0 Å². The van der Waals surface area contributed by atoms with Gasteiger partial charge in [-0.05, 0) is 19.4 Å². The molecule has 8 heteroatoms. The van der Waals surface area contributed by atoms with Crippen molar-refractivity contribution >= 4 is 17.9 Å². The van der Waals surface area contributed by atoms with Crippen LogP contribution >= 0.6 is 0 Å². The average molecular weight is 264 g/mol. The van der Waals surface area contributed by atoms with Gasteiger partial charge in [0.05, 0.1) is 12.8 Å². The predicted molar refractivity (Wildman–Crippen MR) is 63.0 cm³/mol. The van der Waals surface area contributed by atoms with E-state index in [9.17, 15) is 14.4 Å². The Labute approximate surface area is 105 Å². The van der Waals surface area contributed by atoms with Crippen molar-refractivity contribution in [2.24, 2.45) is 11.5 Å². The largest absolute Gasteiger partial charge is 0.481 e. The molecule has 0 heterocycles. The summed E-state index contributed by atoms with van der Waals surface area (Å²) in [6, 6.07) is -0.716. The first-order chi connectivity index (χ1) is 8.31. The van der Waals surface area contributed by atoms with Crippen LogP contribution in [0.25, 0.3) is 0 Å². The molecule has 0 aromatic rings. The third-order valence-electron chi connectivity index (χ3n) is 1.84. The second-order valence-electron chi connectivity index (χ2n) is 3.52. The first-order valence-corrected chi connectivity index (χ1v) is 5.43. The molecule has 0 saturated carbocycles. The molecule has 0 spiro atoms. The summed E-state index contributed by atoms with van der Waals surface area (Å²) >= 11 is 0. The van der Waals surface area contributed by atoms with Crippen molar-refractivity contribution in [3.8, 4) is 0 Å². The minimum atomic E-state index is -1.08. The van der Waals surface area contributed by atoms with E-state index in [0.717, 1.165) is 12.8 Å². The van der Waals surface area contributed by atoms with Crippen molar-refractivity contribution in [2.45, 2.75) is 38.1 Å². The van der Waals surface area contributed by atoms with Crippen LogP contribution in [-0.4, -0.2) is 45.8 Å². The highest BCUT2D eigenvalue weighted by Crippen LogP contribution is 1.96. The Bertz CT molecular complexity index is 255. The Morgan fingerprint density at radius 2 is 1.39 bits per heavy atom. The lowest BCUT2D eigenvalue weighted by molar-refractivity contribution is -0.143. The maximum absolute atomic E-state index is 10.1. The van der Waals surface area contributed by atoms with Crippen LogP contribution in [0.15, 0.2) is 0 Å². The Morgan fingerprint density at radius 1 is 0.944 bits per heavy atom. The van der Waals surface area contributed by atoms with Gasteiger partial charge in [-0.25, -0.2) is 0 Å². The smallest absolute Gasteiger partial charge is 0.320 e. The summed E-state index contributed by atoms with van der Waals surface area (Å²) in [6.45, 7) is 0.604. The van der Waals surface area contributed by atoms with Crippen LogP contribution in [-0.2, 0) is 14.4 Å². The van der Waals surface area contributed by atoms with E-state index in [1.165, 1.54) is 0 Å². The standard InChI is InChI=1S/C6H14N2O2.C4H6O4/c7-4-2-1-3-5(8)6(9)10;5-3(6)1-2-4(7)8/h5H,1-4,7-8H2,(H,9,10);1-2H2,(H,5,6)(H,7,8). The number of aliphatic carboxylic acids is 3. The molecule has 0 rings (SSSR count). The van der Waals surface area contributed by atoms with E-state index in [0.29, 0.717) is 13.0 Å². The number of carbonyl (C=O) groups is 3. The molecule has 1 unspecified atom stereocenters. The summed E-state index contributed by atoms with van der Waals surface area (Å²) in [7, 11) is 0. The molecule has 0 aliphatic carbocycles. The van der Waals surface area contributed by atoms with E-state index in [-0.39, 0.29) is 12.8 Å². The maximum Gasteiger partial charge on any atom is 0.320 e. The highest BCUT2D eigenvalue weighted by atomic mass is 16.4. The summed E-state index contributed by atoms with van der Waals surface area (Å²) in [6.07, 6.45) is 1.57. The summed E-state index contributed by atoms with van der Waals surface area (Å²) in [5.74, 6) is -3.09. The van der Waals surface area contributed by atoms with Crippen molar-refractivity contribution in [2.75, 3.05) is 6.54 Å². The van der Waals surface area contributed by atoms with Crippen LogP contribution in [0.5, 0.6) is 0 Å². The van der Waals surface area contributed by atoms with Gasteiger partial charge < -0.3 is 26.8 Å². The monoisotopic (exact) mass is 264 g/mol. The summed E-state index contributed by atoms with van der Waals surface area (Å²) in [5.41, 5.74) is 10.4. The zero-order valence-corrected chi connectivity index (χ0v) is 10.0. The average Bonchev–Trinajstić information content (AvgIpc) is 2.27. The van der Waals surface area contributed by atoms with Crippen LogP contribution in [0.1, 0.15) is 32.1 Å². The number of rotatable bonds is 8. The van der Waals surface area contributed by atoms with Crippen LogP contribution in [0.2, 0.25) is 0 Å². The Balaban J connectivity index is 0. The van der Waals surface area contributed by atoms with Crippen LogP contribution in [0.3, 0.4) is 0 Å². The molecule has 8 nitrogen and oxygen atoms in total. The minimum Gasteiger partial charge on any atom is -0.481 e. The van der Waals surface area contributed by atoms with Gasteiger partial charge in [-0.1, -0.05) is 6.42 Å². The van der Waals surface area contributed by atoms with Gasteiger partial charge in [0.15, 0.2) is 0 Å². The number of hydrogen-bond acceptors (Lipinski definition) is 5. The lowest BCUT2D eigenvalue weighted by Crippen LogP contribution is -2.29.